The number of nitrogens with zero attached hydrogens (tertiary/aromatic N) is 2. The highest BCUT2D eigenvalue weighted by atomic mass is 79.9. The van der Waals surface area contributed by atoms with E-state index in [1.165, 1.54) is 19.4 Å². The Labute approximate surface area is 295 Å². The molecule has 1 aliphatic rings. The first-order chi connectivity index (χ1) is 24.1. The van der Waals surface area contributed by atoms with Gasteiger partial charge in [-0.05, 0) is 69.9 Å². The van der Waals surface area contributed by atoms with Crippen molar-refractivity contribution >= 4 is 50.6 Å². The topological polar surface area (TPSA) is 183 Å². The van der Waals surface area contributed by atoms with Gasteiger partial charge in [0.25, 0.3) is 0 Å². The number of nitrogens with one attached hydrogen (secondary N) is 3. The van der Waals surface area contributed by atoms with E-state index in [1.54, 1.807) is 38.1 Å². The number of aliphatic hydroxyl groups is 1. The Bertz CT molecular complexity index is 1980. The Balaban J connectivity index is 1.23. The van der Waals surface area contributed by atoms with Gasteiger partial charge in [-0.3, -0.25) is 15.5 Å². The average Bonchev–Trinajstić information content (AvgIpc) is 3.09. The second-order valence-electron chi connectivity index (χ2n) is 11.0. The van der Waals surface area contributed by atoms with Crippen LogP contribution in [-0.4, -0.2) is 54.8 Å². The normalized spacial score (nSPS) is 14.9. The minimum atomic E-state index is -1.28. The third kappa shape index (κ3) is 8.30. The summed E-state index contributed by atoms with van der Waals surface area (Å²) in [4.78, 5) is 36.1. The molecular formula is C35H34BrN5O9. The smallest absolute Gasteiger partial charge is 0.337 e. The number of hydrogen-bond donors (Lipinski definition) is 4. The van der Waals surface area contributed by atoms with Crippen LogP contribution in [0.5, 0.6) is 17.2 Å². The first kappa shape index (κ1) is 35.6. The van der Waals surface area contributed by atoms with Gasteiger partial charge >= 0.3 is 17.7 Å². The van der Waals surface area contributed by atoms with E-state index >= 15 is 0 Å². The van der Waals surface area contributed by atoms with Gasteiger partial charge in [0, 0.05) is 17.3 Å². The highest BCUT2D eigenvalue weighted by Gasteiger charge is 2.32. The van der Waals surface area contributed by atoms with Crippen LogP contribution in [0.15, 0.2) is 93.6 Å². The Kier molecular flexibility index (Phi) is 11.5. The molecule has 0 spiro atoms. The van der Waals surface area contributed by atoms with Gasteiger partial charge in [-0.2, -0.15) is 5.10 Å². The van der Waals surface area contributed by atoms with E-state index in [-0.39, 0.29) is 36.8 Å². The third-order valence-electron chi connectivity index (χ3n) is 7.60. The van der Waals surface area contributed by atoms with Crippen molar-refractivity contribution in [3.63, 3.8) is 0 Å². The summed E-state index contributed by atoms with van der Waals surface area (Å²) in [5.74, 6) is 0.0823. The van der Waals surface area contributed by atoms with Crippen molar-refractivity contribution in [1.82, 2.24) is 16.1 Å². The number of halogens is 1. The summed E-state index contributed by atoms with van der Waals surface area (Å²) in [5.41, 5.74) is 4.67. The van der Waals surface area contributed by atoms with Crippen LogP contribution in [0.3, 0.4) is 0 Å². The van der Waals surface area contributed by atoms with Crippen LogP contribution in [0, 0.1) is 10.1 Å². The molecule has 50 heavy (non-hydrogen) atoms. The summed E-state index contributed by atoms with van der Waals surface area (Å²) in [5, 5.41) is 33.8. The molecular weight excluding hydrogens is 714 g/mol. The molecule has 0 bridgehead atoms. The number of esters is 1. The van der Waals surface area contributed by atoms with Gasteiger partial charge in [-0.1, -0.05) is 48.5 Å². The molecule has 0 radical (unpaired) electrons. The molecule has 4 N–H and O–H groups in total. The lowest BCUT2D eigenvalue weighted by Gasteiger charge is -2.28. The molecule has 0 saturated carbocycles. The van der Waals surface area contributed by atoms with E-state index in [4.69, 9.17) is 18.9 Å². The number of aliphatic hydroxyl groups excluding tert-OH is 1. The number of rotatable bonds is 14. The zero-order valence-corrected chi connectivity index (χ0v) is 28.9. The van der Waals surface area contributed by atoms with Gasteiger partial charge in [0.15, 0.2) is 17.7 Å². The van der Waals surface area contributed by atoms with Crippen molar-refractivity contribution in [1.29, 1.82) is 0 Å². The fraction of sp³-hybridized carbons (Fsp3) is 0.229. The number of urea groups is 1. The fourth-order valence-corrected chi connectivity index (χ4v) is 5.92. The van der Waals surface area contributed by atoms with Crippen LogP contribution in [0.2, 0.25) is 0 Å². The molecule has 0 unspecified atom stereocenters. The molecule has 5 rings (SSSR count). The molecule has 1 aliphatic heterocycles. The Morgan fingerprint density at radius 1 is 1.10 bits per heavy atom. The highest BCUT2D eigenvalue weighted by molar-refractivity contribution is 9.10. The van der Waals surface area contributed by atoms with Crippen LogP contribution < -0.4 is 30.3 Å². The van der Waals surface area contributed by atoms with Crippen molar-refractivity contribution in [3.05, 3.63) is 115 Å². The molecule has 0 aromatic heterocycles. The average molecular weight is 749 g/mol. The van der Waals surface area contributed by atoms with Gasteiger partial charge < -0.3 is 34.7 Å². The minimum Gasteiger partial charge on any atom is -0.490 e. The zero-order valence-electron chi connectivity index (χ0n) is 27.3. The lowest BCUT2D eigenvalue weighted by molar-refractivity contribution is -0.386. The molecule has 0 saturated heterocycles. The number of benzene rings is 4. The number of nitro benzene ring substituents is 1. The van der Waals surface area contributed by atoms with E-state index in [2.05, 4.69) is 37.1 Å². The Morgan fingerprint density at radius 3 is 2.64 bits per heavy atom. The predicted octanol–water partition coefficient (Wildman–Crippen LogP) is 5.61. The first-order valence-electron chi connectivity index (χ1n) is 15.4. The SMILES string of the molecule is CCOc1cc([C@@H]2NC(=O)NC(C)=C2C(=O)OC)ccc1OC[C@H](O)N/N=C/c1cc(Br)c(OCc2cccc3ccccc23)c([N+](=O)[O-])c1. The van der Waals surface area contributed by atoms with Crippen molar-refractivity contribution in [2.75, 3.05) is 20.3 Å². The number of carbonyl (C=O) groups is 2. The van der Waals surface area contributed by atoms with Crippen LogP contribution >= 0.6 is 15.9 Å². The molecule has 0 aliphatic carbocycles. The summed E-state index contributed by atoms with van der Waals surface area (Å²) >= 11 is 3.39. The van der Waals surface area contributed by atoms with Gasteiger partial charge in [-0.25, -0.2) is 9.59 Å². The van der Waals surface area contributed by atoms with Crippen molar-refractivity contribution in [3.8, 4) is 17.2 Å². The number of allylic oxidation sites excluding steroid dienone is 1. The molecule has 4 aromatic rings. The Morgan fingerprint density at radius 2 is 1.88 bits per heavy atom. The van der Waals surface area contributed by atoms with E-state index in [0.717, 1.165) is 16.3 Å². The lowest BCUT2D eigenvalue weighted by Crippen LogP contribution is -2.45. The van der Waals surface area contributed by atoms with Gasteiger partial charge in [0.2, 0.25) is 5.75 Å². The number of amides is 2. The summed E-state index contributed by atoms with van der Waals surface area (Å²) in [6.07, 6.45) is 0.0415. The molecule has 1 heterocycles. The van der Waals surface area contributed by atoms with Crippen LogP contribution in [-0.2, 0) is 16.1 Å². The maximum absolute atomic E-state index is 12.5. The van der Waals surface area contributed by atoms with E-state index in [0.29, 0.717) is 32.8 Å². The standard InChI is InChI=1S/C35H34BrN5O9/c1-4-48-29-16-23(32-31(34(43)47-3)20(2)38-35(44)39-32)12-13-28(29)49-19-30(42)40-37-17-21-14-26(36)33(27(15-21)41(45)46)50-18-24-10-7-9-22-8-5-6-11-25(22)24/h5-17,30,32,40,42H,4,18-19H2,1-3H3,(H2,38,39,44)/b37-17+/t30-,32-/m0/s1. The number of fused-ring (bicyclic) bond motifs is 1. The van der Waals surface area contributed by atoms with Crippen LogP contribution in [0.25, 0.3) is 10.8 Å². The predicted molar refractivity (Wildman–Crippen MR) is 188 cm³/mol. The van der Waals surface area contributed by atoms with Gasteiger partial charge in [0.1, 0.15) is 13.2 Å². The Hall–Kier alpha value is -5.67. The van der Waals surface area contributed by atoms with Crippen molar-refractivity contribution < 1.29 is 38.6 Å². The number of methoxy groups -OCH3 is 1. The molecule has 14 nitrogen and oxygen atoms in total. The summed E-state index contributed by atoms with van der Waals surface area (Å²) < 4.78 is 22.7. The number of nitro groups is 1. The largest absolute Gasteiger partial charge is 0.490 e. The molecule has 2 amide bonds. The minimum absolute atomic E-state index is 0.0767. The number of ether oxygens (including phenoxy) is 4. The number of carbonyl (C=O) groups excluding carboxylic acids is 2. The fourth-order valence-electron chi connectivity index (χ4n) is 5.34. The zero-order chi connectivity index (χ0) is 35.8. The van der Waals surface area contributed by atoms with Gasteiger partial charge in [0.05, 0.1) is 40.9 Å². The second kappa shape index (κ2) is 16.2. The van der Waals surface area contributed by atoms with Crippen molar-refractivity contribution in [2.24, 2.45) is 5.10 Å². The third-order valence-corrected chi connectivity index (χ3v) is 8.19. The maximum Gasteiger partial charge on any atom is 0.337 e. The number of hydrazone groups is 1. The quantitative estimate of drug-likeness (QED) is 0.0416. The van der Waals surface area contributed by atoms with Crippen LogP contribution in [0.4, 0.5) is 10.5 Å². The molecule has 15 heteroatoms. The molecule has 0 fully saturated rings. The lowest BCUT2D eigenvalue weighted by atomic mass is 9.95. The van der Waals surface area contributed by atoms with E-state index in [1.807, 2.05) is 42.5 Å². The van der Waals surface area contributed by atoms with Crippen molar-refractivity contribution in [2.45, 2.75) is 32.7 Å². The maximum atomic E-state index is 12.5. The number of hydrogen-bond acceptors (Lipinski definition) is 11. The highest BCUT2D eigenvalue weighted by Crippen LogP contribution is 2.37. The monoisotopic (exact) mass is 747 g/mol. The first-order valence-corrected chi connectivity index (χ1v) is 16.2. The summed E-state index contributed by atoms with van der Waals surface area (Å²) in [6, 6.07) is 20.2. The summed E-state index contributed by atoms with van der Waals surface area (Å²) in [6.45, 7) is 3.54. The van der Waals surface area contributed by atoms with E-state index in [9.17, 15) is 24.8 Å². The second-order valence-corrected chi connectivity index (χ2v) is 11.8. The molecule has 4 aromatic carbocycles. The van der Waals surface area contributed by atoms with Gasteiger partial charge in [-0.15, -0.1) is 0 Å². The summed E-state index contributed by atoms with van der Waals surface area (Å²) in [7, 11) is 1.25. The molecule has 260 valence electrons. The molecule has 2 atom stereocenters. The van der Waals surface area contributed by atoms with E-state index < -0.39 is 29.2 Å². The van der Waals surface area contributed by atoms with Crippen LogP contribution in [0.1, 0.15) is 36.6 Å².